The lowest BCUT2D eigenvalue weighted by atomic mass is 9.77. The molecule has 5 aliphatic rings. The molecule has 0 bridgehead atoms. The molecule has 22 nitrogen and oxygen atoms in total. The van der Waals surface area contributed by atoms with Crippen LogP contribution in [0.15, 0.2) is 23.1 Å². The number of nitrogens with one attached hydrogen (secondary N) is 1. The van der Waals surface area contributed by atoms with Gasteiger partial charge in [0.25, 0.3) is 0 Å². The van der Waals surface area contributed by atoms with E-state index in [4.69, 9.17) is 59.0 Å². The molecule has 23 heteroatoms. The van der Waals surface area contributed by atoms with E-state index < -0.39 is 119 Å². The number of aromatic nitrogens is 1. The fourth-order valence-corrected chi connectivity index (χ4v) is 12.8. The Morgan fingerprint density at radius 3 is 2.30 bits per heavy atom. The number of ether oxygens (including phenoxy) is 10. The van der Waals surface area contributed by atoms with Gasteiger partial charge in [-0.15, -0.1) is 0 Å². The van der Waals surface area contributed by atoms with Gasteiger partial charge < -0.3 is 77.5 Å². The summed E-state index contributed by atoms with van der Waals surface area (Å²) in [5, 5.41) is 38.1. The number of likely N-dealkylation sites (N-methyl/N-ethyl adjacent to an activating group) is 2. The summed E-state index contributed by atoms with van der Waals surface area (Å²) in [6.07, 6.45) is -6.31. The summed E-state index contributed by atoms with van der Waals surface area (Å²) >= 11 is 6.63. The van der Waals surface area contributed by atoms with Crippen LogP contribution < -0.4 is 10.7 Å². The number of aliphatic hydroxyl groups is 2. The zero-order valence-corrected chi connectivity index (χ0v) is 49.7. The number of benzene rings is 1. The highest BCUT2D eigenvalue weighted by Crippen LogP contribution is 2.43. The van der Waals surface area contributed by atoms with Gasteiger partial charge in [0.05, 0.1) is 71.8 Å². The molecule has 4 N–H and O–H groups in total. The van der Waals surface area contributed by atoms with Crippen molar-refractivity contribution in [1.29, 1.82) is 0 Å². The zero-order chi connectivity index (χ0) is 58.9. The number of aliphatic hydroxyl groups excluding tert-OH is 1. The molecule has 1 aromatic carbocycles. The molecule has 0 radical (unpaired) electrons. The summed E-state index contributed by atoms with van der Waals surface area (Å²) in [5.41, 5.74) is -4.13. The van der Waals surface area contributed by atoms with Gasteiger partial charge in [-0.05, 0) is 120 Å². The minimum absolute atomic E-state index is 0.00170. The van der Waals surface area contributed by atoms with Gasteiger partial charge in [0.1, 0.15) is 23.4 Å². The number of rotatable bonds is 17. The highest BCUT2D eigenvalue weighted by Gasteiger charge is 2.58. The number of fused-ring (bicyclic) bond motifs is 2. The molecule has 1 aliphatic carbocycles. The fraction of sp³-hybridized carbons (Fsp3) is 0.772. The number of cyclic esters (lactones) is 1. The first kappa shape index (κ1) is 63.4. The van der Waals surface area contributed by atoms with E-state index in [2.05, 4.69) is 5.32 Å². The van der Waals surface area contributed by atoms with E-state index in [0.717, 1.165) is 12.8 Å². The van der Waals surface area contributed by atoms with Crippen LogP contribution in [0.25, 0.3) is 10.9 Å². The lowest BCUT2D eigenvalue weighted by molar-refractivity contribution is -0.318. The summed E-state index contributed by atoms with van der Waals surface area (Å²) < 4.78 is 64.5. The first-order chi connectivity index (χ1) is 37.5. The summed E-state index contributed by atoms with van der Waals surface area (Å²) in [5.74, 6) is -4.69. The first-order valence-electron chi connectivity index (χ1n) is 28.2. The molecule has 5 fully saturated rings. The lowest BCUT2D eigenvalue weighted by Crippen LogP contribution is -2.61. The third-order valence-corrected chi connectivity index (χ3v) is 17.5. The van der Waals surface area contributed by atoms with Crippen LogP contribution >= 0.6 is 11.6 Å². The number of aromatic carboxylic acids is 1. The Bertz CT molecular complexity index is 2580. The maximum Gasteiger partial charge on any atom is 0.509 e. The van der Waals surface area contributed by atoms with Crippen molar-refractivity contribution >= 4 is 52.3 Å². The quantitative estimate of drug-likeness (QED) is 0.0786. The van der Waals surface area contributed by atoms with Gasteiger partial charge in [-0.1, -0.05) is 32.4 Å². The molecular weight excluding hydrogens is 1060 g/mol. The molecule has 0 unspecified atom stereocenters. The molecule has 4 saturated heterocycles. The van der Waals surface area contributed by atoms with Crippen LogP contribution in [-0.2, 0) is 57.0 Å². The fourth-order valence-electron chi connectivity index (χ4n) is 12.6. The summed E-state index contributed by atoms with van der Waals surface area (Å²) in [7, 11) is 7.13. The number of carboxylic acids is 1. The molecule has 1 aromatic heterocycles. The Labute approximate surface area is 474 Å². The van der Waals surface area contributed by atoms with Gasteiger partial charge >= 0.3 is 24.1 Å². The molecule has 0 amide bonds. The third-order valence-electron chi connectivity index (χ3n) is 17.2. The van der Waals surface area contributed by atoms with Crippen LogP contribution in [0.3, 0.4) is 0 Å². The summed E-state index contributed by atoms with van der Waals surface area (Å²) in [6.45, 7) is 18.8. The minimum atomic E-state index is -1.64. The Kier molecular flexibility index (Phi) is 20.4. The molecule has 2 aromatic rings. The van der Waals surface area contributed by atoms with Crippen molar-refractivity contribution in [3.05, 3.63) is 39.1 Å². The number of hydrogen-bond acceptors (Lipinski definition) is 20. The smallest absolute Gasteiger partial charge is 0.477 e. The van der Waals surface area contributed by atoms with E-state index in [1.54, 1.807) is 51.3 Å². The molecule has 80 heavy (non-hydrogen) atoms. The Balaban J connectivity index is 1.07. The van der Waals surface area contributed by atoms with E-state index in [-0.39, 0.29) is 80.5 Å². The Hall–Kier alpha value is -4.20. The highest BCUT2D eigenvalue weighted by molar-refractivity contribution is 6.34. The normalized spacial score (nSPS) is 37.7. The van der Waals surface area contributed by atoms with Crippen LogP contribution in [0.2, 0.25) is 5.02 Å². The monoisotopic (exact) mass is 1150 g/mol. The lowest BCUT2D eigenvalue weighted by Gasteiger charge is -2.49. The molecule has 1 saturated carbocycles. The van der Waals surface area contributed by atoms with Gasteiger partial charge in [0, 0.05) is 62.2 Å². The molecule has 5 heterocycles. The van der Waals surface area contributed by atoms with Crippen molar-refractivity contribution in [2.24, 2.45) is 17.8 Å². The number of methoxy groups -OCH3 is 1. The van der Waals surface area contributed by atoms with Crippen LogP contribution in [0.1, 0.15) is 131 Å². The standard InChI is InChI=1S/C57H87ClN4O18/c1-15-42-57(10)49(79-54(69)80-57)33(6)61(13)27-29(2)25-55(8,70)48(78-53-46(65)41(60(11)12)22-30(3)73-53)31(4)47(32(5)52(68)75-42)77-44-26-56(9,71-14)50(34(7)74-44)76-43(63)18-20-72-21-19-59-39-23-36-40(24-38(39)58)62(35-16-17-35)28-37(45(36)64)51(66)67/h23-24,28-35,41-42,44,46-50,53,59,65,70H,15-22,25-27H2,1-14H3,(H,66,67)/t29-,30-,31+,32-,33-,34+,41+,42-,44+,46-,47+,48+,49-,50+,53+,55-,56-,57+/m1/s1. The van der Waals surface area contributed by atoms with Gasteiger partial charge in [-0.25, -0.2) is 9.59 Å². The number of carbonyl (C=O) groups excluding carboxylic acids is 3. The number of anilines is 1. The molecule has 4 aliphatic heterocycles. The molecule has 0 spiro atoms. The van der Waals surface area contributed by atoms with Gasteiger partial charge in [-0.3, -0.25) is 19.3 Å². The number of carbonyl (C=O) groups is 4. The van der Waals surface area contributed by atoms with E-state index >= 15 is 0 Å². The van der Waals surface area contributed by atoms with Gasteiger partial charge in [0.2, 0.25) is 5.43 Å². The number of esters is 2. The zero-order valence-electron chi connectivity index (χ0n) is 48.9. The maximum absolute atomic E-state index is 14.8. The van der Waals surface area contributed by atoms with E-state index in [0.29, 0.717) is 29.2 Å². The first-order valence-corrected chi connectivity index (χ1v) is 28.6. The SMILES string of the molecule is CC[C@H]1OC(=O)[C@H](C)[C@@H](O[C@H]2C[C@@](C)(OC)[C@@H](OC(=O)CCOCCNc3cc4c(=O)c(C(=O)O)cn(C5CC5)c4cc3Cl)[C@H](C)O2)[C@H](C)[C@H](O[C@@H]2O[C@H](C)C[C@H](N(C)C)[C@H]2O)[C@](C)(O)C[C@@H](C)CN(C)[C@H](C)[C@H]2OC(=O)O[C@]21C. The van der Waals surface area contributed by atoms with Crippen molar-refractivity contribution in [3.63, 3.8) is 0 Å². The Morgan fingerprint density at radius 2 is 1.66 bits per heavy atom. The number of halogens is 1. The van der Waals surface area contributed by atoms with Gasteiger partial charge in [-0.2, -0.15) is 0 Å². The molecule has 450 valence electrons. The summed E-state index contributed by atoms with van der Waals surface area (Å²) in [4.78, 5) is 70.3. The number of nitrogens with zero attached hydrogens (tertiary/aromatic N) is 3. The largest absolute Gasteiger partial charge is 0.509 e. The highest BCUT2D eigenvalue weighted by atomic mass is 35.5. The summed E-state index contributed by atoms with van der Waals surface area (Å²) in [6, 6.07) is 2.57. The van der Waals surface area contributed by atoms with Crippen LogP contribution in [0.5, 0.6) is 0 Å². The molecule has 18 atom stereocenters. The van der Waals surface area contributed by atoms with Crippen molar-refractivity contribution in [2.45, 2.75) is 211 Å². The van der Waals surface area contributed by atoms with Crippen LogP contribution in [0.4, 0.5) is 10.5 Å². The Morgan fingerprint density at radius 1 is 0.963 bits per heavy atom. The molecular formula is C57H87ClN4O18. The number of hydrogen-bond donors (Lipinski definition) is 4. The maximum atomic E-state index is 14.8. The van der Waals surface area contributed by atoms with Crippen molar-refractivity contribution in [2.75, 3.05) is 59.9 Å². The second-order valence-corrected chi connectivity index (χ2v) is 24.4. The predicted molar refractivity (Wildman–Crippen MR) is 294 cm³/mol. The van der Waals surface area contributed by atoms with Crippen LogP contribution in [0, 0.1) is 17.8 Å². The second-order valence-electron chi connectivity index (χ2n) is 24.0. The van der Waals surface area contributed by atoms with E-state index in [1.807, 2.05) is 65.6 Å². The number of carboxylic acid groups (broad SMARTS) is 1. The molecule has 7 rings (SSSR count). The van der Waals surface area contributed by atoms with E-state index in [9.17, 15) is 39.3 Å². The second kappa shape index (κ2) is 25.7. The van der Waals surface area contributed by atoms with Crippen molar-refractivity contribution in [3.8, 4) is 0 Å². The van der Waals surface area contributed by atoms with Crippen molar-refractivity contribution in [1.82, 2.24) is 14.4 Å². The topological polar surface area (TPSA) is 262 Å². The third kappa shape index (κ3) is 13.9. The van der Waals surface area contributed by atoms with Crippen molar-refractivity contribution < 1.29 is 81.9 Å². The minimum Gasteiger partial charge on any atom is -0.477 e. The number of pyridine rings is 1. The average molecular weight is 1150 g/mol. The van der Waals surface area contributed by atoms with Crippen LogP contribution in [-0.4, -0.2) is 199 Å². The van der Waals surface area contributed by atoms with Gasteiger partial charge in [0.15, 0.2) is 30.4 Å². The predicted octanol–water partition coefficient (Wildman–Crippen LogP) is 6.15. The van der Waals surface area contributed by atoms with E-state index in [1.165, 1.54) is 13.3 Å². The average Bonchev–Trinajstić information content (AvgIpc) is 4.35.